The zero-order valence-corrected chi connectivity index (χ0v) is 17.6. The van der Waals surface area contributed by atoms with Crippen LogP contribution in [-0.2, 0) is 9.53 Å². The quantitative estimate of drug-likeness (QED) is 0.718. The molecule has 28 heavy (non-hydrogen) atoms. The van der Waals surface area contributed by atoms with Crippen molar-refractivity contribution in [2.75, 3.05) is 26.2 Å². The number of carbonyl (C=O) groups is 2. The second kappa shape index (κ2) is 10.3. The molecule has 6 heteroatoms. The Labute approximate surface area is 168 Å². The van der Waals surface area contributed by atoms with E-state index in [0.29, 0.717) is 38.6 Å². The van der Waals surface area contributed by atoms with Gasteiger partial charge in [-0.3, -0.25) is 4.79 Å². The van der Waals surface area contributed by atoms with Gasteiger partial charge < -0.3 is 19.7 Å². The molecule has 6 nitrogen and oxygen atoms in total. The van der Waals surface area contributed by atoms with Crippen LogP contribution >= 0.6 is 0 Å². The monoisotopic (exact) mass is 390 g/mol. The number of rotatable bonds is 7. The van der Waals surface area contributed by atoms with Gasteiger partial charge in [0, 0.05) is 19.5 Å². The van der Waals surface area contributed by atoms with Gasteiger partial charge in [0.2, 0.25) is 5.91 Å². The Morgan fingerprint density at radius 2 is 1.82 bits per heavy atom. The van der Waals surface area contributed by atoms with Crippen molar-refractivity contribution in [1.82, 2.24) is 10.2 Å². The summed E-state index contributed by atoms with van der Waals surface area (Å²) in [6.07, 6.45) is 2.08. The first-order valence-electron chi connectivity index (χ1n) is 10.2. The summed E-state index contributed by atoms with van der Waals surface area (Å²) in [5, 5.41) is 2.93. The van der Waals surface area contributed by atoms with E-state index in [-0.39, 0.29) is 17.9 Å². The Balaban J connectivity index is 1.63. The number of likely N-dealkylation sites (tertiary alicyclic amines) is 1. The van der Waals surface area contributed by atoms with E-state index < -0.39 is 5.60 Å². The molecule has 1 aromatic carbocycles. The number of nitrogens with one attached hydrogen (secondary N) is 1. The van der Waals surface area contributed by atoms with Gasteiger partial charge in [0.25, 0.3) is 0 Å². The molecule has 1 atom stereocenters. The van der Waals surface area contributed by atoms with Crippen molar-refractivity contribution in [1.29, 1.82) is 0 Å². The third-order valence-electron chi connectivity index (χ3n) is 4.94. The highest BCUT2D eigenvalue weighted by molar-refractivity contribution is 5.76. The third kappa shape index (κ3) is 7.79. The van der Waals surface area contributed by atoms with E-state index in [9.17, 15) is 9.59 Å². The third-order valence-corrected chi connectivity index (χ3v) is 4.94. The first-order chi connectivity index (χ1) is 13.2. The SMILES string of the molecule is C[C@H](CC(=O)NCCOc1ccccc1)C1CCN(C(=O)OC(C)(C)C)CC1. The Kier molecular flexibility index (Phi) is 8.15. The second-order valence-electron chi connectivity index (χ2n) is 8.50. The number of piperidine rings is 1. The molecule has 1 fully saturated rings. The maximum atomic E-state index is 12.2. The van der Waals surface area contributed by atoms with Crippen LogP contribution in [0.1, 0.15) is 47.0 Å². The van der Waals surface area contributed by atoms with Crippen LogP contribution in [0.5, 0.6) is 5.75 Å². The molecular weight excluding hydrogens is 356 g/mol. The van der Waals surface area contributed by atoms with Crippen molar-refractivity contribution in [3.8, 4) is 5.75 Å². The van der Waals surface area contributed by atoms with Crippen molar-refractivity contribution >= 4 is 12.0 Å². The maximum absolute atomic E-state index is 12.2. The molecule has 1 aromatic rings. The molecule has 2 amide bonds. The number of ether oxygens (including phenoxy) is 2. The van der Waals surface area contributed by atoms with Gasteiger partial charge in [0.15, 0.2) is 0 Å². The van der Waals surface area contributed by atoms with Crippen LogP contribution in [-0.4, -0.2) is 48.7 Å². The highest BCUT2D eigenvalue weighted by atomic mass is 16.6. The number of benzene rings is 1. The summed E-state index contributed by atoms with van der Waals surface area (Å²) < 4.78 is 11.0. The number of nitrogens with zero attached hydrogens (tertiary/aromatic N) is 1. The lowest BCUT2D eigenvalue weighted by molar-refractivity contribution is -0.122. The number of para-hydroxylation sites is 1. The van der Waals surface area contributed by atoms with Gasteiger partial charge in [-0.1, -0.05) is 25.1 Å². The van der Waals surface area contributed by atoms with Crippen LogP contribution in [0.4, 0.5) is 4.79 Å². The van der Waals surface area contributed by atoms with E-state index in [1.165, 1.54) is 0 Å². The van der Waals surface area contributed by atoms with Crippen molar-refractivity contribution in [3.63, 3.8) is 0 Å². The van der Waals surface area contributed by atoms with Crippen LogP contribution in [0, 0.1) is 11.8 Å². The molecule has 0 unspecified atom stereocenters. The predicted molar refractivity (Wildman–Crippen MR) is 109 cm³/mol. The molecule has 0 spiro atoms. The minimum atomic E-state index is -0.469. The summed E-state index contributed by atoms with van der Waals surface area (Å²) in [5.41, 5.74) is -0.469. The molecule has 1 N–H and O–H groups in total. The summed E-state index contributed by atoms with van der Waals surface area (Å²) in [6.45, 7) is 10.1. The number of hydrogen-bond acceptors (Lipinski definition) is 4. The minimum Gasteiger partial charge on any atom is -0.492 e. The van der Waals surface area contributed by atoms with E-state index in [1.54, 1.807) is 4.90 Å². The summed E-state index contributed by atoms with van der Waals surface area (Å²) in [4.78, 5) is 26.1. The zero-order valence-electron chi connectivity index (χ0n) is 17.6. The van der Waals surface area contributed by atoms with E-state index in [4.69, 9.17) is 9.47 Å². The normalized spacial score (nSPS) is 16.4. The fourth-order valence-electron chi connectivity index (χ4n) is 3.38. The standard InChI is InChI=1S/C22H34N2O4/c1-17(16-20(25)23-12-15-27-19-8-6-5-7-9-19)18-10-13-24(14-11-18)21(26)28-22(2,3)4/h5-9,17-18H,10-16H2,1-4H3,(H,23,25)/t17-/m1/s1. The molecule has 0 bridgehead atoms. The fraction of sp³-hybridized carbons (Fsp3) is 0.636. The molecule has 1 saturated heterocycles. The lowest BCUT2D eigenvalue weighted by Gasteiger charge is -2.35. The molecule has 1 heterocycles. The molecule has 0 aromatic heterocycles. The average Bonchev–Trinajstić information content (AvgIpc) is 2.65. The number of carbonyl (C=O) groups excluding carboxylic acids is 2. The Bertz CT molecular complexity index is 619. The van der Waals surface area contributed by atoms with Crippen LogP contribution < -0.4 is 10.1 Å². The zero-order chi connectivity index (χ0) is 20.6. The van der Waals surface area contributed by atoms with E-state index in [2.05, 4.69) is 12.2 Å². The Morgan fingerprint density at radius 1 is 1.18 bits per heavy atom. The van der Waals surface area contributed by atoms with Crippen LogP contribution in [0.25, 0.3) is 0 Å². The van der Waals surface area contributed by atoms with E-state index >= 15 is 0 Å². The van der Waals surface area contributed by atoms with Gasteiger partial charge in [-0.05, 0) is 57.6 Å². The van der Waals surface area contributed by atoms with Crippen molar-refractivity contribution in [2.45, 2.75) is 52.6 Å². The molecule has 156 valence electrons. The summed E-state index contributed by atoms with van der Waals surface area (Å²) in [7, 11) is 0. The largest absolute Gasteiger partial charge is 0.492 e. The van der Waals surface area contributed by atoms with Crippen molar-refractivity contribution < 1.29 is 19.1 Å². The van der Waals surface area contributed by atoms with Gasteiger partial charge in [0.1, 0.15) is 18.0 Å². The van der Waals surface area contributed by atoms with Crippen molar-refractivity contribution in [2.24, 2.45) is 11.8 Å². The molecule has 2 rings (SSSR count). The Morgan fingerprint density at radius 3 is 2.43 bits per heavy atom. The van der Waals surface area contributed by atoms with Gasteiger partial charge in [-0.15, -0.1) is 0 Å². The maximum Gasteiger partial charge on any atom is 0.410 e. The van der Waals surface area contributed by atoms with Crippen LogP contribution in [0.3, 0.4) is 0 Å². The molecule has 1 aliphatic rings. The highest BCUT2D eigenvalue weighted by Gasteiger charge is 2.29. The molecular formula is C22H34N2O4. The minimum absolute atomic E-state index is 0.0544. The van der Waals surface area contributed by atoms with Gasteiger partial charge in [0.05, 0.1) is 6.54 Å². The van der Waals surface area contributed by atoms with Crippen LogP contribution in [0.15, 0.2) is 30.3 Å². The first-order valence-corrected chi connectivity index (χ1v) is 10.2. The fourth-order valence-corrected chi connectivity index (χ4v) is 3.38. The number of hydrogen-bond donors (Lipinski definition) is 1. The molecule has 1 aliphatic heterocycles. The lowest BCUT2D eigenvalue weighted by atomic mass is 9.83. The first kappa shape index (κ1) is 22.1. The molecule has 0 aliphatic carbocycles. The van der Waals surface area contributed by atoms with E-state index in [1.807, 2.05) is 51.1 Å². The second-order valence-corrected chi connectivity index (χ2v) is 8.50. The number of amides is 2. The summed E-state index contributed by atoms with van der Waals surface area (Å²) in [6, 6.07) is 9.57. The highest BCUT2D eigenvalue weighted by Crippen LogP contribution is 2.27. The smallest absolute Gasteiger partial charge is 0.410 e. The Hall–Kier alpha value is -2.24. The summed E-state index contributed by atoms with van der Waals surface area (Å²) >= 11 is 0. The topological polar surface area (TPSA) is 67.9 Å². The lowest BCUT2D eigenvalue weighted by Crippen LogP contribution is -2.43. The van der Waals surface area contributed by atoms with Crippen LogP contribution in [0.2, 0.25) is 0 Å². The van der Waals surface area contributed by atoms with E-state index in [0.717, 1.165) is 18.6 Å². The van der Waals surface area contributed by atoms with Crippen molar-refractivity contribution in [3.05, 3.63) is 30.3 Å². The summed E-state index contributed by atoms with van der Waals surface area (Å²) in [5.74, 6) is 1.60. The van der Waals surface area contributed by atoms with Gasteiger partial charge >= 0.3 is 6.09 Å². The van der Waals surface area contributed by atoms with Gasteiger partial charge in [-0.25, -0.2) is 4.79 Å². The predicted octanol–water partition coefficient (Wildman–Crippen LogP) is 3.85. The van der Waals surface area contributed by atoms with Gasteiger partial charge in [-0.2, -0.15) is 0 Å². The molecule has 0 saturated carbocycles. The average molecular weight is 391 g/mol. The molecule has 0 radical (unpaired) electrons.